The Morgan fingerprint density at radius 3 is 1.50 bits per heavy atom. The van der Waals surface area contributed by atoms with Crippen LogP contribution in [0.25, 0.3) is 65.7 Å². The molecule has 7 rings (SSSR count). The summed E-state index contributed by atoms with van der Waals surface area (Å²) in [4.78, 5) is 0. The Morgan fingerprint density at radius 2 is 0.833 bits per heavy atom. The molecule has 0 spiro atoms. The van der Waals surface area contributed by atoms with Crippen LogP contribution in [0.1, 0.15) is 32.9 Å². The Balaban J connectivity index is 1.94. The summed E-state index contributed by atoms with van der Waals surface area (Å²) in [5, 5.41) is -4.05. The lowest BCUT2D eigenvalue weighted by Gasteiger charge is -2.20. The first-order valence-corrected chi connectivity index (χ1v) is 10.5. The maximum atomic E-state index is 9.36. The molecule has 0 saturated heterocycles. The lowest BCUT2D eigenvalue weighted by Crippen LogP contribution is -1.92. The van der Waals surface area contributed by atoms with Crippen LogP contribution < -0.4 is 0 Å². The van der Waals surface area contributed by atoms with Crippen LogP contribution in [0.15, 0.2) is 145 Å². The number of hydrogen-bond donors (Lipinski definition) is 0. The van der Waals surface area contributed by atoms with E-state index < -0.39 is 211 Å². The molecule has 0 aliphatic carbocycles. The third-order valence-electron chi connectivity index (χ3n) is 5.56. The quantitative estimate of drug-likeness (QED) is 0.221. The molecule has 0 unspecified atom stereocenters. The smallest absolute Gasteiger partial charge is 0.0622 e. The predicted molar refractivity (Wildman–Crippen MR) is 155 cm³/mol. The molecule has 0 heteroatoms. The largest absolute Gasteiger partial charge is 0.0636 e. The molecule has 0 atom stereocenters. The Morgan fingerprint density at radius 1 is 0.333 bits per heavy atom. The first-order chi connectivity index (χ1) is 27.9. The maximum absolute atomic E-state index is 9.36. The van der Waals surface area contributed by atoms with E-state index in [4.69, 9.17) is 23.3 Å². The molecule has 0 aliphatic heterocycles. The van der Waals surface area contributed by atoms with Gasteiger partial charge < -0.3 is 0 Å². The lowest BCUT2D eigenvalue weighted by atomic mass is 9.83. The fourth-order valence-corrected chi connectivity index (χ4v) is 4.09. The highest BCUT2D eigenvalue weighted by Crippen LogP contribution is 2.46. The highest BCUT2D eigenvalue weighted by atomic mass is 14.2. The normalized spacial score (nSPS) is 20.7. The van der Waals surface area contributed by atoms with Crippen molar-refractivity contribution in [2.75, 3.05) is 0 Å². The van der Waals surface area contributed by atoms with Gasteiger partial charge >= 0.3 is 0 Å². The summed E-state index contributed by atoms with van der Waals surface area (Å²) in [5.41, 5.74) is -4.57. The molecular weight excluding hydrogens is 432 g/mol. The molecule has 0 fully saturated rings. The number of fused-ring (bicyclic) bond motifs is 3. The molecule has 0 saturated carbocycles. The van der Waals surface area contributed by atoms with E-state index in [0.717, 1.165) is 0 Å². The topological polar surface area (TPSA) is 0 Å². The van der Waals surface area contributed by atoms with Crippen molar-refractivity contribution in [2.45, 2.75) is 0 Å². The molecule has 0 aliphatic rings. The van der Waals surface area contributed by atoms with Gasteiger partial charge in [0.05, 0.1) is 32.9 Å². The molecule has 36 heavy (non-hydrogen) atoms. The fraction of sp³-hybridized carbons (Fsp3) is 0. The second-order valence-corrected chi connectivity index (χ2v) is 7.50. The van der Waals surface area contributed by atoms with E-state index in [-0.39, 0.29) is 0 Å². The van der Waals surface area contributed by atoms with Gasteiger partial charge in [0.1, 0.15) is 0 Å². The van der Waals surface area contributed by atoms with Gasteiger partial charge in [-0.2, -0.15) is 0 Å². The highest BCUT2D eigenvalue weighted by molar-refractivity contribution is 6.22. The monoisotopic (exact) mass is 480 g/mol. The van der Waals surface area contributed by atoms with Gasteiger partial charge in [-0.25, -0.2) is 0 Å². The summed E-state index contributed by atoms with van der Waals surface area (Å²) in [6.07, 6.45) is 0. The zero-order chi connectivity index (χ0) is 44.8. The van der Waals surface area contributed by atoms with Gasteiger partial charge in [-0.05, 0) is 71.7 Å². The Hall–Kier alpha value is -4.68. The van der Waals surface area contributed by atoms with E-state index in [1.165, 1.54) is 0 Å². The van der Waals surface area contributed by atoms with Gasteiger partial charge in [0.15, 0.2) is 0 Å². The van der Waals surface area contributed by atoms with Crippen molar-refractivity contribution in [2.24, 2.45) is 0 Å². The summed E-state index contributed by atoms with van der Waals surface area (Å²) < 4.78 is 211. The molecule has 7 aromatic rings. The van der Waals surface area contributed by atoms with Crippen molar-refractivity contribution in [3.05, 3.63) is 145 Å². The molecule has 0 N–H and O–H groups in total. The average molecular weight is 481 g/mol. The molecule has 0 aromatic heterocycles. The summed E-state index contributed by atoms with van der Waals surface area (Å²) >= 11 is 0. The molecule has 168 valence electrons. The van der Waals surface area contributed by atoms with Crippen LogP contribution >= 0.6 is 0 Å². The van der Waals surface area contributed by atoms with Crippen molar-refractivity contribution < 1.29 is 32.9 Å². The molecule has 0 amide bonds. The molecular formula is C36H24. The fourth-order valence-electron chi connectivity index (χ4n) is 4.09. The third kappa shape index (κ3) is 3.31. The Bertz CT molecular complexity index is 3080. The van der Waals surface area contributed by atoms with E-state index in [1.807, 2.05) is 0 Å². The van der Waals surface area contributed by atoms with Crippen LogP contribution in [0.5, 0.6) is 0 Å². The minimum Gasteiger partial charge on any atom is -0.0622 e. The molecule has 7 aromatic carbocycles. The van der Waals surface area contributed by atoms with Crippen LogP contribution in [0.2, 0.25) is 0 Å². The molecule has 0 bridgehead atoms. The third-order valence-corrected chi connectivity index (χ3v) is 5.56. The second-order valence-electron chi connectivity index (χ2n) is 7.50. The van der Waals surface area contributed by atoms with Gasteiger partial charge in [0.2, 0.25) is 0 Å². The van der Waals surface area contributed by atoms with Crippen molar-refractivity contribution in [3.63, 3.8) is 0 Å². The molecule has 0 heterocycles. The van der Waals surface area contributed by atoms with Gasteiger partial charge in [-0.1, -0.05) is 139 Å². The summed E-state index contributed by atoms with van der Waals surface area (Å²) in [7, 11) is 0. The van der Waals surface area contributed by atoms with E-state index in [1.54, 1.807) is 0 Å². The van der Waals surface area contributed by atoms with Crippen LogP contribution in [0.4, 0.5) is 0 Å². The lowest BCUT2D eigenvalue weighted by molar-refractivity contribution is 1.61. The zero-order valence-corrected chi connectivity index (χ0v) is 18.0. The van der Waals surface area contributed by atoms with Gasteiger partial charge in [-0.15, -0.1) is 0 Å². The van der Waals surface area contributed by atoms with Crippen LogP contribution in [0.3, 0.4) is 0 Å². The van der Waals surface area contributed by atoms with E-state index in [0.29, 0.717) is 0 Å². The summed E-state index contributed by atoms with van der Waals surface area (Å²) in [6.45, 7) is 0. The first kappa shape index (κ1) is 7.66. The maximum Gasteiger partial charge on any atom is 0.0636 e. The van der Waals surface area contributed by atoms with Crippen LogP contribution in [0, 0.1) is 0 Å². The van der Waals surface area contributed by atoms with E-state index >= 15 is 0 Å². The van der Waals surface area contributed by atoms with E-state index in [2.05, 4.69) is 0 Å². The van der Waals surface area contributed by atoms with E-state index in [9.17, 15) is 9.60 Å². The predicted octanol–water partition coefficient (Wildman–Crippen LogP) is 10.1. The minimum absolute atomic E-state index is 0.558. The minimum atomic E-state index is -1.02. The van der Waals surface area contributed by atoms with Crippen molar-refractivity contribution in [1.82, 2.24) is 0 Å². The standard InChI is InChI=1S/C36H24/c1-2-13-26(14-3-1)29-16-6-7-17-30(29)36-33-20-10-8-18-31(33)35(32-19-9-11-21-34(32)36)28-23-22-25-12-4-5-15-27(25)24-28/h1-24H/i1D,2D,3D,4D,5D,6D,7D,8D,9D,10D,11D,12D,13D,14D,15D,16D,17D,18D,19D,20D,21D,22D,23D,24D. The Kier molecular flexibility index (Phi) is 1.81. The van der Waals surface area contributed by atoms with Crippen LogP contribution in [-0.4, -0.2) is 0 Å². The van der Waals surface area contributed by atoms with Gasteiger partial charge in [0, 0.05) is 0 Å². The highest BCUT2D eigenvalue weighted by Gasteiger charge is 2.18. The Labute approximate surface area is 244 Å². The SMILES string of the molecule is [2H]c1c([2H])c([2H])c(-c2c([2H])c([2H])c([2H])c([2H])c2-c2c3c([2H])c([2H])c([2H])c([2H])c3c(-c3c([2H])c([2H])c4c([2H])c([2H])c([2H])c([2H])c4c3[2H])c3c([2H])c([2H])c([2H])c([2H])c23)c([2H])c1[2H]. The van der Waals surface area contributed by atoms with Gasteiger partial charge in [-0.3, -0.25) is 0 Å². The van der Waals surface area contributed by atoms with Crippen LogP contribution in [-0.2, 0) is 0 Å². The molecule has 0 nitrogen and oxygen atoms in total. The number of rotatable bonds is 3. The van der Waals surface area contributed by atoms with Crippen molar-refractivity contribution >= 4 is 32.3 Å². The van der Waals surface area contributed by atoms with Gasteiger partial charge in [0.25, 0.3) is 0 Å². The number of benzene rings is 7. The second kappa shape index (κ2) is 8.52. The summed E-state index contributed by atoms with van der Waals surface area (Å²) in [5.74, 6) is 0. The average Bonchev–Trinajstić information content (AvgIpc) is 3.22. The number of hydrogen-bond acceptors (Lipinski definition) is 0. The molecule has 0 radical (unpaired) electrons. The first-order valence-electron chi connectivity index (χ1n) is 22.5. The summed E-state index contributed by atoms with van der Waals surface area (Å²) in [6, 6.07) is -22.4. The zero-order valence-electron chi connectivity index (χ0n) is 42.0. The van der Waals surface area contributed by atoms with Crippen molar-refractivity contribution in [1.29, 1.82) is 0 Å². The van der Waals surface area contributed by atoms with Crippen molar-refractivity contribution in [3.8, 4) is 33.4 Å².